The van der Waals surface area contributed by atoms with E-state index >= 15 is 0 Å². The second-order valence-electron chi connectivity index (χ2n) is 31.1. The zero-order valence-corrected chi connectivity index (χ0v) is 65.1. The fourth-order valence-electron chi connectivity index (χ4n) is 14.7. The van der Waals surface area contributed by atoms with Crippen molar-refractivity contribution in [3.05, 3.63) is 0 Å². The lowest BCUT2D eigenvalue weighted by atomic mass is 10.0. The molecule has 5 heteroatoms. The number of esters is 2. The Labute approximate surface area is 592 Å². The van der Waals surface area contributed by atoms with Gasteiger partial charge in [-0.2, -0.15) is 0 Å². The molecule has 0 rings (SSSR count). The molecular formula is C89H176O5. The standard InChI is InChI=1S/C89H176O5/c1-3-5-7-9-11-13-15-17-19-21-23-25-27-29-31-33-35-37-39-41-43-45-47-49-51-53-55-57-59-61-63-65-67-69-71-73-75-77-79-81-83-88(91)93-86-87(85-90)94-89(92)84-82-80-78-76-74-72-70-68-66-64-62-60-58-56-54-52-50-48-46-44-42-40-38-36-34-32-30-28-26-24-22-20-18-16-14-12-10-8-6-4-2/h87,90H,3-86H2,1-2H3. The van der Waals surface area contributed by atoms with Crippen molar-refractivity contribution in [3.63, 3.8) is 0 Å². The monoisotopic (exact) mass is 1330 g/mol. The number of ether oxygens (including phenoxy) is 2. The van der Waals surface area contributed by atoms with E-state index in [0.717, 1.165) is 32.1 Å². The van der Waals surface area contributed by atoms with E-state index in [9.17, 15) is 14.7 Å². The van der Waals surface area contributed by atoms with Crippen molar-refractivity contribution >= 4 is 11.9 Å². The average Bonchev–Trinajstić information content (AvgIpc) is 3.76. The molecule has 1 N–H and O–H groups in total. The van der Waals surface area contributed by atoms with Crippen LogP contribution < -0.4 is 0 Å². The first kappa shape index (κ1) is 92.9. The van der Waals surface area contributed by atoms with E-state index in [-0.39, 0.29) is 25.2 Å². The van der Waals surface area contributed by atoms with Gasteiger partial charge in [-0.3, -0.25) is 9.59 Å². The van der Waals surface area contributed by atoms with E-state index < -0.39 is 6.10 Å². The van der Waals surface area contributed by atoms with E-state index in [1.807, 2.05) is 0 Å². The number of carbonyl (C=O) groups excluding carboxylic acids is 2. The highest BCUT2D eigenvalue weighted by Gasteiger charge is 2.16. The third kappa shape index (κ3) is 83.3. The summed E-state index contributed by atoms with van der Waals surface area (Å²) in [7, 11) is 0. The molecule has 5 nitrogen and oxygen atoms in total. The number of hydrogen-bond donors (Lipinski definition) is 1. The molecule has 0 radical (unpaired) electrons. The summed E-state index contributed by atoms with van der Waals surface area (Å²) in [6.45, 7) is 4.24. The van der Waals surface area contributed by atoms with E-state index in [4.69, 9.17) is 9.47 Å². The van der Waals surface area contributed by atoms with Crippen LogP contribution in [0.15, 0.2) is 0 Å². The third-order valence-electron chi connectivity index (χ3n) is 21.4. The summed E-state index contributed by atoms with van der Waals surface area (Å²) in [6.07, 6.45) is 113. The highest BCUT2D eigenvalue weighted by Crippen LogP contribution is 2.22. The lowest BCUT2D eigenvalue weighted by Gasteiger charge is -2.15. The van der Waals surface area contributed by atoms with Crippen LogP contribution in [-0.2, 0) is 19.1 Å². The summed E-state index contributed by atoms with van der Waals surface area (Å²) in [5.41, 5.74) is 0. The molecule has 0 amide bonds. The second kappa shape index (κ2) is 86.1. The maximum Gasteiger partial charge on any atom is 0.306 e. The van der Waals surface area contributed by atoms with Crippen molar-refractivity contribution in [3.8, 4) is 0 Å². The molecule has 0 saturated carbocycles. The molecule has 1 atom stereocenters. The van der Waals surface area contributed by atoms with Gasteiger partial charge in [0.15, 0.2) is 6.10 Å². The topological polar surface area (TPSA) is 72.8 Å². The number of aliphatic hydroxyl groups is 1. The number of aliphatic hydroxyl groups excluding tert-OH is 1. The Morgan fingerprint density at radius 3 is 0.468 bits per heavy atom. The Morgan fingerprint density at radius 1 is 0.202 bits per heavy atom. The lowest BCUT2D eigenvalue weighted by Crippen LogP contribution is -2.28. The molecule has 0 aliphatic rings. The highest BCUT2D eigenvalue weighted by molar-refractivity contribution is 5.70. The fraction of sp³-hybridized carbons (Fsp3) is 0.978. The molecule has 0 aromatic rings. The van der Waals surface area contributed by atoms with Gasteiger partial charge in [0.2, 0.25) is 0 Å². The minimum absolute atomic E-state index is 0.0550. The summed E-state index contributed by atoms with van der Waals surface area (Å²) in [5.74, 6) is -0.554. The maximum atomic E-state index is 12.4. The SMILES string of the molecule is CCCCCCCCCCCCCCCCCCCCCCCCCCCCCCCCCCCCCCCCCCC(=O)OCC(CO)OC(=O)CCCCCCCCCCCCCCCCCCCCCCCCCCCCCCCCCCCCCCCCCC. The van der Waals surface area contributed by atoms with Crippen molar-refractivity contribution < 1.29 is 24.2 Å². The first-order valence-corrected chi connectivity index (χ1v) is 44.6. The van der Waals surface area contributed by atoms with Crippen LogP contribution in [0.1, 0.15) is 540 Å². The van der Waals surface area contributed by atoms with Crippen LogP contribution in [0, 0.1) is 0 Å². The number of rotatable bonds is 86. The molecule has 0 spiro atoms. The first-order chi connectivity index (χ1) is 46.6. The first-order valence-electron chi connectivity index (χ1n) is 44.6. The van der Waals surface area contributed by atoms with Crippen molar-refractivity contribution in [2.24, 2.45) is 0 Å². The molecule has 94 heavy (non-hydrogen) atoms. The number of hydrogen-bond acceptors (Lipinski definition) is 5. The molecule has 1 unspecified atom stereocenters. The lowest BCUT2D eigenvalue weighted by molar-refractivity contribution is -0.161. The van der Waals surface area contributed by atoms with E-state index in [0.29, 0.717) is 12.8 Å². The second-order valence-corrected chi connectivity index (χ2v) is 31.1. The Balaban J connectivity index is 3.31. The van der Waals surface area contributed by atoms with Gasteiger partial charge in [-0.05, 0) is 12.8 Å². The van der Waals surface area contributed by atoms with Crippen LogP contribution in [0.4, 0.5) is 0 Å². The predicted molar refractivity (Wildman–Crippen MR) is 418 cm³/mol. The van der Waals surface area contributed by atoms with Crippen LogP contribution in [-0.4, -0.2) is 36.4 Å². The highest BCUT2D eigenvalue weighted by atomic mass is 16.6. The zero-order chi connectivity index (χ0) is 67.5. The van der Waals surface area contributed by atoms with Gasteiger partial charge in [0.05, 0.1) is 6.61 Å². The Morgan fingerprint density at radius 2 is 0.330 bits per heavy atom. The van der Waals surface area contributed by atoms with Crippen molar-refractivity contribution in [1.29, 1.82) is 0 Å². The van der Waals surface area contributed by atoms with Crippen LogP contribution in [0.5, 0.6) is 0 Å². The summed E-state index contributed by atoms with van der Waals surface area (Å²) in [6, 6.07) is 0. The number of unbranched alkanes of at least 4 members (excludes halogenated alkanes) is 78. The summed E-state index contributed by atoms with van der Waals surface area (Å²) >= 11 is 0. The summed E-state index contributed by atoms with van der Waals surface area (Å²) < 4.78 is 10.8. The Kier molecular flexibility index (Phi) is 85.1. The molecular weight excluding hydrogens is 1150 g/mol. The largest absolute Gasteiger partial charge is 0.462 e. The van der Waals surface area contributed by atoms with Gasteiger partial charge in [-0.25, -0.2) is 0 Å². The molecule has 0 aromatic carbocycles. The van der Waals surface area contributed by atoms with Gasteiger partial charge >= 0.3 is 11.9 Å². The van der Waals surface area contributed by atoms with Gasteiger partial charge in [0.25, 0.3) is 0 Å². The van der Waals surface area contributed by atoms with Crippen LogP contribution in [0.3, 0.4) is 0 Å². The van der Waals surface area contributed by atoms with Crippen LogP contribution in [0.2, 0.25) is 0 Å². The fourth-order valence-corrected chi connectivity index (χ4v) is 14.7. The molecule has 0 heterocycles. The van der Waals surface area contributed by atoms with Crippen LogP contribution in [0.25, 0.3) is 0 Å². The molecule has 0 saturated heterocycles. The van der Waals surface area contributed by atoms with Crippen molar-refractivity contribution in [2.75, 3.05) is 13.2 Å². The number of carbonyl (C=O) groups is 2. The van der Waals surface area contributed by atoms with Gasteiger partial charge in [0.1, 0.15) is 6.61 Å². The van der Waals surface area contributed by atoms with Crippen molar-refractivity contribution in [1.82, 2.24) is 0 Å². The van der Waals surface area contributed by atoms with Gasteiger partial charge in [-0.15, -0.1) is 0 Å². The van der Waals surface area contributed by atoms with Crippen LogP contribution >= 0.6 is 0 Å². The quantitative estimate of drug-likeness (QED) is 0.0485. The molecule has 562 valence electrons. The predicted octanol–water partition coefficient (Wildman–Crippen LogP) is 31.5. The molecule has 0 aromatic heterocycles. The molecule has 0 aliphatic heterocycles. The van der Waals surface area contributed by atoms with Gasteiger partial charge in [-0.1, -0.05) is 515 Å². The Bertz CT molecular complexity index is 1370. The maximum absolute atomic E-state index is 12.4. The van der Waals surface area contributed by atoms with Gasteiger partial charge < -0.3 is 14.6 Å². The normalized spacial score (nSPS) is 12.0. The molecule has 0 aliphatic carbocycles. The van der Waals surface area contributed by atoms with E-state index in [1.54, 1.807) is 0 Å². The summed E-state index contributed by atoms with van der Waals surface area (Å²) in [4.78, 5) is 24.8. The zero-order valence-electron chi connectivity index (χ0n) is 65.1. The van der Waals surface area contributed by atoms with Crippen molar-refractivity contribution in [2.45, 2.75) is 546 Å². The minimum atomic E-state index is -0.767. The molecule has 0 fully saturated rings. The van der Waals surface area contributed by atoms with E-state index in [1.165, 1.54) is 482 Å². The summed E-state index contributed by atoms with van der Waals surface area (Å²) in [5, 5.41) is 9.75. The third-order valence-corrected chi connectivity index (χ3v) is 21.4. The molecule has 0 bridgehead atoms. The van der Waals surface area contributed by atoms with Gasteiger partial charge in [0, 0.05) is 12.8 Å². The van der Waals surface area contributed by atoms with E-state index in [2.05, 4.69) is 13.8 Å². The minimum Gasteiger partial charge on any atom is -0.462 e. The smallest absolute Gasteiger partial charge is 0.306 e. The average molecular weight is 1330 g/mol. The Hall–Kier alpha value is -1.10.